The molecule has 1 aromatic carbocycles. The number of hydrogen-bond donors (Lipinski definition) is 0. The van der Waals surface area contributed by atoms with Gasteiger partial charge in [-0.3, -0.25) is 0 Å². The summed E-state index contributed by atoms with van der Waals surface area (Å²) in [6, 6.07) is 12.0. The number of aliphatic imine (C=N–C) groups is 1. The van der Waals surface area contributed by atoms with Crippen LogP contribution in [0.1, 0.15) is 0 Å². The van der Waals surface area contributed by atoms with Crippen LogP contribution in [0.3, 0.4) is 0 Å². The molecule has 101 valence electrons. The molecule has 1 radical (unpaired) electrons. The fourth-order valence-electron chi connectivity index (χ4n) is 0.351. The van der Waals surface area contributed by atoms with Gasteiger partial charge in [0.15, 0.2) is 0 Å². The molecular weight excluding hydrogens is 294 g/mol. The summed E-state index contributed by atoms with van der Waals surface area (Å²) >= 11 is 4.39. The van der Waals surface area contributed by atoms with Gasteiger partial charge in [0.2, 0.25) is 0 Å². The number of nitrogens with zero attached hydrogens (tertiary/aromatic N) is 2. The van der Waals surface area contributed by atoms with Gasteiger partial charge in [-0.15, -0.1) is 0 Å². The van der Waals surface area contributed by atoms with Crippen molar-refractivity contribution in [2.24, 2.45) is 4.99 Å². The molecule has 0 saturated carbocycles. The summed E-state index contributed by atoms with van der Waals surface area (Å²) in [7, 11) is 3.47. The summed E-state index contributed by atoms with van der Waals surface area (Å²) in [4.78, 5) is 5.01. The van der Waals surface area contributed by atoms with Crippen molar-refractivity contribution in [2.75, 3.05) is 34.1 Å². The van der Waals surface area contributed by atoms with Crippen LogP contribution in [0.5, 0.6) is 0 Å². The molecule has 2 nitrogen and oxygen atoms in total. The quantitative estimate of drug-likeness (QED) is 0.207. The van der Waals surface area contributed by atoms with Crippen molar-refractivity contribution in [3.63, 3.8) is 0 Å². The van der Waals surface area contributed by atoms with Crippen LogP contribution in [-0.4, -0.2) is 50.8 Å². The molecule has 0 unspecified atom stereocenters. The number of rotatable bonds is 2. The van der Waals surface area contributed by atoms with Crippen molar-refractivity contribution in [1.29, 1.82) is 0 Å². The number of hydrogen-bond acceptors (Lipinski definition) is 2. The Morgan fingerprint density at radius 1 is 1.24 bits per heavy atom. The molecule has 0 bridgehead atoms. The Labute approximate surface area is 123 Å². The van der Waals surface area contributed by atoms with E-state index in [2.05, 4.69) is 73.3 Å². The minimum Gasteiger partial charge on any atom is -0.999 e. The van der Waals surface area contributed by atoms with Crippen LogP contribution in [-0.2, 0) is 16.8 Å². The van der Waals surface area contributed by atoms with E-state index in [-0.39, 0.29) is 24.7 Å². The van der Waals surface area contributed by atoms with Crippen molar-refractivity contribution in [2.45, 2.75) is 0 Å². The average molecular weight is 311 g/mol. The van der Waals surface area contributed by atoms with Gasteiger partial charge in [0.1, 0.15) is 0 Å². The second kappa shape index (κ2) is 18.2. The SMILES string of the molecule is CN=[C-]N(C)[C-]=S.C[PH+](C)C.[Co].[c-]1[c-][c-][cH-][c-]1. The monoisotopic (exact) mass is 311 g/mol. The van der Waals surface area contributed by atoms with Gasteiger partial charge in [0.05, 0.1) is 0 Å². The summed E-state index contributed by atoms with van der Waals surface area (Å²) in [6.45, 7) is 6.81. The maximum absolute atomic E-state index is 4.39. The second-order valence-corrected chi connectivity index (χ2v) is 6.34. The third-order valence-electron chi connectivity index (χ3n) is 0.738. The third kappa shape index (κ3) is 31.3. The summed E-state index contributed by atoms with van der Waals surface area (Å²) < 4.78 is 0. The van der Waals surface area contributed by atoms with Crippen LogP contribution in [0, 0.1) is 24.3 Å². The molecule has 1 aromatic rings. The van der Waals surface area contributed by atoms with Crippen molar-refractivity contribution in [1.82, 2.24) is 4.90 Å². The first kappa shape index (κ1) is 22.1. The first-order valence-corrected chi connectivity index (χ1v) is 8.00. The molecular formula is C12H17CoN2PS-6. The number of thiocarbonyl (C=S) groups is 1. The molecule has 0 aliphatic carbocycles. The minimum atomic E-state index is 0. The van der Waals surface area contributed by atoms with E-state index in [9.17, 15) is 0 Å². The van der Waals surface area contributed by atoms with Gasteiger partial charge in [0, 0.05) is 36.8 Å². The Morgan fingerprint density at radius 2 is 1.65 bits per heavy atom. The Balaban J connectivity index is -0.000000175. The van der Waals surface area contributed by atoms with Gasteiger partial charge in [-0.1, -0.05) is 0 Å². The zero-order valence-electron chi connectivity index (χ0n) is 10.7. The van der Waals surface area contributed by atoms with Crippen LogP contribution in [0.25, 0.3) is 0 Å². The Bertz CT molecular complexity index is 231. The van der Waals surface area contributed by atoms with Crippen LogP contribution < -0.4 is 0 Å². The summed E-state index contributed by atoms with van der Waals surface area (Å²) in [5, 5.41) is 0. The van der Waals surface area contributed by atoms with Crippen molar-refractivity contribution >= 4 is 32.0 Å². The molecule has 0 fully saturated rings. The van der Waals surface area contributed by atoms with Gasteiger partial charge >= 0.3 is 0 Å². The maximum atomic E-state index is 4.39. The van der Waals surface area contributed by atoms with Crippen LogP contribution in [0.4, 0.5) is 0 Å². The molecule has 17 heavy (non-hydrogen) atoms. The van der Waals surface area contributed by atoms with E-state index in [0.29, 0.717) is 0 Å². The van der Waals surface area contributed by atoms with Gasteiger partial charge in [0.25, 0.3) is 0 Å². The van der Waals surface area contributed by atoms with Crippen LogP contribution >= 0.6 is 20.1 Å². The summed E-state index contributed by atoms with van der Waals surface area (Å²) in [5.41, 5.74) is 2.38. The van der Waals surface area contributed by atoms with Gasteiger partial charge in [-0.25, -0.2) is 0 Å². The predicted molar refractivity (Wildman–Crippen MR) is 77.2 cm³/mol. The minimum absolute atomic E-state index is 0. The van der Waals surface area contributed by atoms with Crippen LogP contribution in [0.2, 0.25) is 0 Å². The van der Waals surface area contributed by atoms with Crippen molar-refractivity contribution in [3.8, 4) is 0 Å². The van der Waals surface area contributed by atoms with Gasteiger partial charge in [-0.2, -0.15) is 0 Å². The van der Waals surface area contributed by atoms with E-state index < -0.39 is 0 Å². The van der Waals surface area contributed by atoms with Gasteiger partial charge < -0.3 is 64.3 Å². The van der Waals surface area contributed by atoms with E-state index in [1.807, 2.05) is 0 Å². The molecule has 1 rings (SSSR count). The van der Waals surface area contributed by atoms with E-state index in [0.717, 1.165) is 0 Å². The molecule has 0 heterocycles. The van der Waals surface area contributed by atoms with Crippen molar-refractivity contribution in [3.05, 3.63) is 30.3 Å². The molecule has 0 spiro atoms. The standard InChI is InChI=1S/C5H.C4H6N2S.C3H9P.Co/c1-2-4-5-3-1;1-5-3-6(2)4-7;1-4(2)3;/h1H;1-2H3;1-3H3;/q-5;-2;;/p+1. The molecule has 0 aliphatic rings. The summed E-state index contributed by atoms with van der Waals surface area (Å²) in [6.07, 6.45) is 2.54. The zero-order chi connectivity index (χ0) is 12.8. The molecule has 0 aromatic heterocycles. The molecule has 0 amide bonds. The fraction of sp³-hybridized carbons (Fsp3) is 0.417. The second-order valence-electron chi connectivity index (χ2n) is 3.16. The smallest absolute Gasteiger partial charge is 0.0461 e. The normalized spacial score (nSPS) is 8.35. The Kier molecular flexibility index (Phi) is 23.6. The van der Waals surface area contributed by atoms with E-state index >= 15 is 0 Å². The van der Waals surface area contributed by atoms with Crippen molar-refractivity contribution < 1.29 is 16.8 Å². The topological polar surface area (TPSA) is 15.6 Å². The van der Waals surface area contributed by atoms with Gasteiger partial charge in [-0.05, 0) is 22.0 Å². The zero-order valence-corrected chi connectivity index (χ0v) is 13.6. The summed E-state index contributed by atoms with van der Waals surface area (Å²) in [5.74, 6) is 0. The molecule has 0 aliphatic heterocycles. The largest absolute Gasteiger partial charge is 0.999 e. The average Bonchev–Trinajstić information content (AvgIpc) is 2.75. The van der Waals surface area contributed by atoms with E-state index in [4.69, 9.17) is 0 Å². The van der Waals surface area contributed by atoms with E-state index in [1.54, 1.807) is 20.2 Å². The molecule has 0 N–H and O–H groups in total. The molecule has 5 heteroatoms. The predicted octanol–water partition coefficient (Wildman–Crippen LogP) is 1.98. The third-order valence-corrected chi connectivity index (χ3v) is 1.01. The maximum Gasteiger partial charge on any atom is 0.0461 e. The Morgan fingerprint density at radius 3 is 1.76 bits per heavy atom. The molecule has 0 atom stereocenters. The van der Waals surface area contributed by atoms with E-state index in [1.165, 1.54) is 4.90 Å². The first-order valence-electron chi connectivity index (χ1n) is 4.60. The van der Waals surface area contributed by atoms with Crippen LogP contribution in [0.15, 0.2) is 11.1 Å². The first-order chi connectivity index (χ1) is 7.54. The Hall–Kier alpha value is -0.154. The fourth-order valence-corrected chi connectivity index (χ4v) is 0.392. The molecule has 0 saturated heterocycles.